The summed E-state index contributed by atoms with van der Waals surface area (Å²) in [6.07, 6.45) is -4.64. The van der Waals surface area contributed by atoms with Crippen LogP contribution in [0.3, 0.4) is 0 Å². The van der Waals surface area contributed by atoms with Crippen molar-refractivity contribution in [3.05, 3.63) is 59.1 Å². The molecule has 2 atom stereocenters. The molecule has 1 spiro atoms. The van der Waals surface area contributed by atoms with Gasteiger partial charge in [-0.2, -0.15) is 23.1 Å². The Bertz CT molecular complexity index is 1650. The van der Waals surface area contributed by atoms with Crippen molar-refractivity contribution >= 4 is 39.2 Å². The van der Waals surface area contributed by atoms with Gasteiger partial charge in [0.2, 0.25) is 17.9 Å². The molecule has 2 fully saturated rings. The van der Waals surface area contributed by atoms with Crippen LogP contribution in [0.25, 0.3) is 11.1 Å². The van der Waals surface area contributed by atoms with Crippen molar-refractivity contribution in [3.8, 4) is 17.0 Å². The summed E-state index contributed by atoms with van der Waals surface area (Å²) in [5, 5.41) is 12.4. The highest BCUT2D eigenvalue weighted by Crippen LogP contribution is 2.43. The molecular weight excluding hydrogens is 611 g/mol. The monoisotopic (exact) mass is 639 g/mol. The number of anilines is 2. The lowest BCUT2D eigenvalue weighted by Gasteiger charge is -2.39. The van der Waals surface area contributed by atoms with Crippen molar-refractivity contribution in [2.24, 2.45) is 5.41 Å². The maximum absolute atomic E-state index is 14.6. The second kappa shape index (κ2) is 11.5. The molecule has 1 aromatic heterocycles. The summed E-state index contributed by atoms with van der Waals surface area (Å²) in [4.78, 5) is 21.3. The van der Waals surface area contributed by atoms with E-state index in [0.29, 0.717) is 38.9 Å². The van der Waals surface area contributed by atoms with E-state index in [2.05, 4.69) is 15.3 Å². The van der Waals surface area contributed by atoms with Crippen molar-refractivity contribution in [2.75, 3.05) is 36.5 Å². The van der Waals surface area contributed by atoms with Gasteiger partial charge in [-0.05, 0) is 60.1 Å². The fourth-order valence-electron chi connectivity index (χ4n) is 5.67. The number of piperidine rings is 1. The molecule has 1 unspecified atom stereocenters. The van der Waals surface area contributed by atoms with E-state index in [1.54, 1.807) is 0 Å². The average Bonchev–Trinajstić information content (AvgIpc) is 3.34. The van der Waals surface area contributed by atoms with Crippen LogP contribution >= 0.6 is 11.6 Å². The van der Waals surface area contributed by atoms with Gasteiger partial charge in [-0.15, -0.1) is 0 Å². The third-order valence-corrected chi connectivity index (χ3v) is 9.26. The van der Waals surface area contributed by atoms with Gasteiger partial charge in [0.15, 0.2) is 9.84 Å². The second-order valence-electron chi connectivity index (χ2n) is 11.0. The van der Waals surface area contributed by atoms with Crippen LogP contribution in [0, 0.1) is 5.41 Å². The Morgan fingerprint density at radius 2 is 1.91 bits per heavy atom. The number of carbonyl (C=O) groups is 1. The molecule has 230 valence electrons. The number of halogens is 4. The summed E-state index contributed by atoms with van der Waals surface area (Å²) in [5.41, 5.74) is 5.67. The minimum absolute atomic E-state index is 0.0209. The largest absolute Gasteiger partial charge is 0.480 e. The quantitative estimate of drug-likeness (QED) is 0.338. The highest BCUT2D eigenvalue weighted by Gasteiger charge is 2.46. The van der Waals surface area contributed by atoms with Crippen molar-refractivity contribution in [3.63, 3.8) is 0 Å². The van der Waals surface area contributed by atoms with Crippen LogP contribution in [0.15, 0.2) is 53.4 Å². The first kappa shape index (κ1) is 30.8. The summed E-state index contributed by atoms with van der Waals surface area (Å²) in [6.45, 7) is 1.55. The number of nitrogens with zero attached hydrogens (tertiary/aromatic N) is 3. The van der Waals surface area contributed by atoms with E-state index in [1.165, 1.54) is 42.5 Å². The number of rotatable bonds is 7. The van der Waals surface area contributed by atoms with E-state index in [-0.39, 0.29) is 43.8 Å². The van der Waals surface area contributed by atoms with Gasteiger partial charge in [-0.3, -0.25) is 4.79 Å². The van der Waals surface area contributed by atoms with Crippen molar-refractivity contribution < 1.29 is 36.2 Å². The number of aromatic nitrogens is 2. The van der Waals surface area contributed by atoms with Gasteiger partial charge in [-0.1, -0.05) is 29.8 Å². The third kappa shape index (κ3) is 6.81. The van der Waals surface area contributed by atoms with Gasteiger partial charge in [0.1, 0.15) is 11.9 Å². The Labute approximate surface area is 250 Å². The molecule has 3 aromatic rings. The van der Waals surface area contributed by atoms with Gasteiger partial charge in [0.25, 0.3) is 0 Å². The Balaban J connectivity index is 1.44. The van der Waals surface area contributed by atoms with Crippen molar-refractivity contribution in [1.82, 2.24) is 15.3 Å². The Kier molecular flexibility index (Phi) is 8.22. The third-order valence-electron chi connectivity index (χ3n) is 7.92. The summed E-state index contributed by atoms with van der Waals surface area (Å²) >= 11 is 6.13. The average molecular weight is 640 g/mol. The number of nitrogens with two attached hydrogens (primary N) is 1. The van der Waals surface area contributed by atoms with Gasteiger partial charge in [0.05, 0.1) is 4.90 Å². The van der Waals surface area contributed by atoms with Crippen LogP contribution < -0.4 is 20.7 Å². The first-order valence-electron chi connectivity index (χ1n) is 13.3. The van der Waals surface area contributed by atoms with E-state index < -0.39 is 40.0 Å². The molecule has 2 aromatic carbocycles. The van der Waals surface area contributed by atoms with Gasteiger partial charge >= 0.3 is 12.1 Å². The number of benzene rings is 2. The Morgan fingerprint density at radius 3 is 2.53 bits per heavy atom. The zero-order valence-corrected chi connectivity index (χ0v) is 24.5. The van der Waals surface area contributed by atoms with Crippen molar-refractivity contribution in [2.45, 2.75) is 42.5 Å². The molecule has 2 aliphatic rings. The lowest BCUT2D eigenvalue weighted by atomic mass is 9.76. The summed E-state index contributed by atoms with van der Waals surface area (Å²) < 4.78 is 73.5. The van der Waals surface area contributed by atoms with Crippen LogP contribution in [0.2, 0.25) is 5.02 Å². The lowest BCUT2D eigenvalue weighted by Crippen LogP contribution is -2.41. The van der Waals surface area contributed by atoms with Crippen LogP contribution in [-0.2, 0) is 14.6 Å². The molecule has 0 radical (unpaired) electrons. The maximum atomic E-state index is 14.6. The number of sulfone groups is 1. The van der Waals surface area contributed by atoms with Crippen LogP contribution in [0.5, 0.6) is 5.88 Å². The first-order chi connectivity index (χ1) is 20.1. The number of nitrogen functional groups attached to an aromatic ring is 1. The van der Waals surface area contributed by atoms with Gasteiger partial charge < -0.3 is 25.8 Å². The molecule has 0 aliphatic carbocycles. The number of nitrogens with one attached hydrogen (secondary N) is 1. The summed E-state index contributed by atoms with van der Waals surface area (Å²) in [6, 6.07) is 10.2. The maximum Gasteiger partial charge on any atom is 0.429 e. The van der Waals surface area contributed by atoms with E-state index in [9.17, 15) is 31.5 Å². The van der Waals surface area contributed by atoms with Gasteiger partial charge in [0, 0.05) is 42.5 Å². The SMILES string of the molecule is CS(=O)(=O)c1cccc(-c2ccc(Cl)cc2[C@@H](Oc2cc(N3CCC4(CC3)CNC(C(=O)O)C4)nc(N)n2)C(F)(F)F)c1. The fourth-order valence-corrected chi connectivity index (χ4v) is 6.52. The predicted octanol–water partition coefficient (Wildman–Crippen LogP) is 4.50. The highest BCUT2D eigenvalue weighted by molar-refractivity contribution is 7.90. The number of ether oxygens (including phenoxy) is 1. The Morgan fingerprint density at radius 1 is 1.19 bits per heavy atom. The molecule has 3 heterocycles. The minimum Gasteiger partial charge on any atom is -0.480 e. The van der Waals surface area contributed by atoms with E-state index in [4.69, 9.17) is 22.1 Å². The van der Waals surface area contributed by atoms with E-state index in [1.807, 2.05) is 4.90 Å². The van der Waals surface area contributed by atoms with Crippen LogP contribution in [0.4, 0.5) is 24.9 Å². The minimum atomic E-state index is -4.93. The normalized spacial score (nSPS) is 19.4. The zero-order chi connectivity index (χ0) is 31.2. The number of carboxylic acids is 1. The molecule has 0 saturated carbocycles. The summed E-state index contributed by atoms with van der Waals surface area (Å²) in [5.74, 6) is -1.30. The lowest BCUT2D eigenvalue weighted by molar-refractivity contribution is -0.198. The summed E-state index contributed by atoms with van der Waals surface area (Å²) in [7, 11) is -3.63. The predicted molar refractivity (Wildman–Crippen MR) is 154 cm³/mol. The van der Waals surface area contributed by atoms with E-state index >= 15 is 0 Å². The van der Waals surface area contributed by atoms with Crippen molar-refractivity contribution in [1.29, 1.82) is 0 Å². The molecular formula is C28H29ClF3N5O5S. The molecule has 0 bridgehead atoms. The molecule has 10 nitrogen and oxygen atoms in total. The fraction of sp³-hybridized carbons (Fsp3) is 0.393. The molecule has 15 heteroatoms. The number of aliphatic carboxylic acids is 1. The second-order valence-corrected chi connectivity index (χ2v) is 13.4. The molecule has 43 heavy (non-hydrogen) atoms. The molecule has 2 saturated heterocycles. The standard InChI is InChI=1S/C28H29ClF3N5O5S/c1-43(40,41)18-4-2-3-16(11-18)19-6-5-17(29)12-20(19)24(28(30,31)32)42-23-13-22(35-26(33)36-23)37-9-7-27(8-10-37)14-21(25(38)39)34-15-27/h2-6,11-13,21,24,34H,7-10,14-15H2,1H3,(H,38,39)(H2,33,35,36)/t21?,24-/m1/s1. The van der Waals surface area contributed by atoms with Crippen LogP contribution in [-0.4, -0.2) is 67.6 Å². The van der Waals surface area contributed by atoms with Gasteiger partial charge in [-0.25, -0.2) is 8.42 Å². The zero-order valence-electron chi connectivity index (χ0n) is 22.9. The number of hydrogen-bond donors (Lipinski definition) is 3. The number of carboxylic acid groups (broad SMARTS) is 1. The number of hydrogen-bond acceptors (Lipinski definition) is 9. The Hall–Kier alpha value is -3.62. The smallest absolute Gasteiger partial charge is 0.429 e. The number of alkyl halides is 3. The topological polar surface area (TPSA) is 148 Å². The molecule has 5 rings (SSSR count). The molecule has 0 amide bonds. The van der Waals surface area contributed by atoms with E-state index in [0.717, 1.165) is 12.3 Å². The molecule has 2 aliphatic heterocycles. The molecule has 4 N–H and O–H groups in total. The first-order valence-corrected chi connectivity index (χ1v) is 15.6. The highest BCUT2D eigenvalue weighted by atomic mass is 35.5. The van der Waals surface area contributed by atoms with Crippen LogP contribution in [0.1, 0.15) is 30.9 Å².